The second-order valence-electron chi connectivity index (χ2n) is 4.28. The zero-order valence-electron chi connectivity index (χ0n) is 11.1. The molecular formula is C13H19N3O3. The number of nitrogens with zero attached hydrogens (tertiary/aromatic N) is 1. The van der Waals surface area contributed by atoms with Gasteiger partial charge >= 0.3 is 6.03 Å². The van der Waals surface area contributed by atoms with Crippen molar-refractivity contribution in [1.29, 1.82) is 0 Å². The lowest BCUT2D eigenvalue weighted by atomic mass is 10.1. The molecule has 0 aliphatic heterocycles. The first-order chi connectivity index (χ1) is 9.00. The van der Waals surface area contributed by atoms with E-state index in [9.17, 15) is 14.7 Å². The summed E-state index contributed by atoms with van der Waals surface area (Å²) in [6.07, 6.45) is 0.119. The van der Waals surface area contributed by atoms with E-state index in [0.29, 0.717) is 18.7 Å². The van der Waals surface area contributed by atoms with Gasteiger partial charge in [0.15, 0.2) is 0 Å². The molecule has 0 radical (unpaired) electrons. The number of phenolic OH excluding ortho intramolecular Hbond substituents is 1. The Morgan fingerprint density at radius 3 is 2.42 bits per heavy atom. The van der Waals surface area contributed by atoms with Crippen LogP contribution in [0.25, 0.3) is 0 Å². The van der Waals surface area contributed by atoms with Crippen molar-refractivity contribution in [3.8, 4) is 5.75 Å². The summed E-state index contributed by atoms with van der Waals surface area (Å²) in [7, 11) is 3.29. The van der Waals surface area contributed by atoms with Gasteiger partial charge in [-0.2, -0.15) is 0 Å². The highest BCUT2D eigenvalue weighted by Crippen LogP contribution is 2.15. The van der Waals surface area contributed by atoms with Gasteiger partial charge in [0.05, 0.1) is 6.42 Å². The molecule has 0 saturated carbocycles. The zero-order chi connectivity index (χ0) is 14.3. The molecular weight excluding hydrogens is 246 g/mol. The van der Waals surface area contributed by atoms with Gasteiger partial charge in [0.1, 0.15) is 5.75 Å². The number of aromatic hydroxyl groups is 1. The summed E-state index contributed by atoms with van der Waals surface area (Å²) >= 11 is 0. The largest absolute Gasteiger partial charge is 0.508 e. The van der Waals surface area contributed by atoms with Crippen LogP contribution in [0.3, 0.4) is 0 Å². The molecule has 3 amide bonds. The Morgan fingerprint density at radius 1 is 1.16 bits per heavy atom. The molecule has 1 rings (SSSR count). The first-order valence-corrected chi connectivity index (χ1v) is 5.99. The number of amides is 3. The Hall–Kier alpha value is -2.24. The summed E-state index contributed by atoms with van der Waals surface area (Å²) in [5, 5.41) is 14.8. The topological polar surface area (TPSA) is 81.7 Å². The van der Waals surface area contributed by atoms with Crippen LogP contribution in [0.15, 0.2) is 24.3 Å². The van der Waals surface area contributed by atoms with E-state index < -0.39 is 0 Å². The molecule has 1 aromatic rings. The summed E-state index contributed by atoms with van der Waals surface area (Å²) in [6, 6.07) is 6.51. The molecule has 0 aromatic heterocycles. The van der Waals surface area contributed by atoms with Gasteiger partial charge in [-0.15, -0.1) is 0 Å². The monoisotopic (exact) mass is 265 g/mol. The molecule has 6 heteroatoms. The first kappa shape index (κ1) is 14.8. The van der Waals surface area contributed by atoms with Crippen LogP contribution in [0.5, 0.6) is 5.75 Å². The Labute approximate surface area is 112 Å². The average molecular weight is 265 g/mol. The van der Waals surface area contributed by atoms with Gasteiger partial charge in [-0.05, 0) is 6.07 Å². The van der Waals surface area contributed by atoms with Crippen molar-refractivity contribution < 1.29 is 14.7 Å². The van der Waals surface area contributed by atoms with E-state index in [2.05, 4.69) is 10.6 Å². The number of rotatable bonds is 5. The number of carbonyl (C=O) groups is 2. The van der Waals surface area contributed by atoms with Crippen LogP contribution in [0.1, 0.15) is 5.56 Å². The van der Waals surface area contributed by atoms with Crippen molar-refractivity contribution >= 4 is 11.9 Å². The molecule has 0 unspecified atom stereocenters. The van der Waals surface area contributed by atoms with E-state index in [4.69, 9.17) is 0 Å². The summed E-state index contributed by atoms with van der Waals surface area (Å²) < 4.78 is 0. The van der Waals surface area contributed by atoms with Crippen LogP contribution in [-0.2, 0) is 11.2 Å². The second kappa shape index (κ2) is 7.25. The van der Waals surface area contributed by atoms with Crippen molar-refractivity contribution in [3.63, 3.8) is 0 Å². The SMILES string of the molecule is CN(C)C(=O)NCCNC(=O)Cc1ccccc1O. The molecule has 104 valence electrons. The van der Waals surface area contributed by atoms with Crippen LogP contribution in [0.2, 0.25) is 0 Å². The van der Waals surface area contributed by atoms with Gasteiger partial charge in [0, 0.05) is 32.7 Å². The summed E-state index contributed by atoms with van der Waals surface area (Å²) in [5.74, 6) is -0.0841. The van der Waals surface area contributed by atoms with Crippen LogP contribution < -0.4 is 10.6 Å². The van der Waals surface area contributed by atoms with Crippen LogP contribution >= 0.6 is 0 Å². The summed E-state index contributed by atoms with van der Waals surface area (Å²) in [4.78, 5) is 24.2. The smallest absolute Gasteiger partial charge is 0.316 e. The molecule has 0 aliphatic carbocycles. The van der Waals surface area contributed by atoms with Gasteiger partial charge in [-0.1, -0.05) is 18.2 Å². The minimum Gasteiger partial charge on any atom is -0.508 e. The fourth-order valence-corrected chi connectivity index (χ4v) is 1.43. The average Bonchev–Trinajstić information content (AvgIpc) is 2.37. The number of benzene rings is 1. The minimum atomic E-state index is -0.199. The standard InChI is InChI=1S/C13H19N3O3/c1-16(2)13(19)15-8-7-14-12(18)9-10-5-3-4-6-11(10)17/h3-6,17H,7-9H2,1-2H3,(H,14,18)(H,15,19). The fraction of sp³-hybridized carbons (Fsp3) is 0.385. The fourth-order valence-electron chi connectivity index (χ4n) is 1.43. The maximum atomic E-state index is 11.6. The van der Waals surface area contributed by atoms with Gasteiger partial charge < -0.3 is 20.6 Å². The molecule has 6 nitrogen and oxygen atoms in total. The second-order valence-corrected chi connectivity index (χ2v) is 4.28. The highest BCUT2D eigenvalue weighted by molar-refractivity contribution is 5.79. The van der Waals surface area contributed by atoms with Crippen LogP contribution in [0.4, 0.5) is 4.79 Å². The van der Waals surface area contributed by atoms with Crippen LogP contribution in [0, 0.1) is 0 Å². The van der Waals surface area contributed by atoms with E-state index in [0.717, 1.165) is 0 Å². The quantitative estimate of drug-likeness (QED) is 0.671. The number of phenols is 1. The Bertz CT molecular complexity index is 447. The number of para-hydroxylation sites is 1. The number of nitrogens with one attached hydrogen (secondary N) is 2. The molecule has 1 aromatic carbocycles. The maximum Gasteiger partial charge on any atom is 0.316 e. The summed E-state index contributed by atoms with van der Waals surface area (Å²) in [6.45, 7) is 0.718. The van der Waals surface area contributed by atoms with E-state index in [1.54, 1.807) is 38.4 Å². The molecule has 0 heterocycles. The van der Waals surface area contributed by atoms with Gasteiger partial charge in [-0.25, -0.2) is 4.79 Å². The molecule has 0 saturated heterocycles. The Kier molecular flexibility index (Phi) is 5.66. The Morgan fingerprint density at radius 2 is 1.79 bits per heavy atom. The normalized spacial score (nSPS) is 9.79. The van der Waals surface area contributed by atoms with Crippen molar-refractivity contribution in [1.82, 2.24) is 15.5 Å². The summed E-state index contributed by atoms with van der Waals surface area (Å²) in [5.41, 5.74) is 0.581. The molecule has 19 heavy (non-hydrogen) atoms. The number of hydrogen-bond donors (Lipinski definition) is 3. The predicted octanol–water partition coefficient (Wildman–Crippen LogP) is 0.322. The number of urea groups is 1. The van der Waals surface area contributed by atoms with Crippen molar-refractivity contribution in [2.24, 2.45) is 0 Å². The molecule has 0 spiro atoms. The zero-order valence-corrected chi connectivity index (χ0v) is 11.1. The first-order valence-electron chi connectivity index (χ1n) is 5.99. The van der Waals surface area contributed by atoms with E-state index in [1.807, 2.05) is 0 Å². The molecule has 0 bridgehead atoms. The molecule has 0 aliphatic rings. The van der Waals surface area contributed by atoms with Gasteiger partial charge in [0.25, 0.3) is 0 Å². The van der Waals surface area contributed by atoms with Gasteiger partial charge in [0.2, 0.25) is 5.91 Å². The number of carbonyl (C=O) groups excluding carboxylic acids is 2. The van der Waals surface area contributed by atoms with Crippen molar-refractivity contribution in [3.05, 3.63) is 29.8 Å². The third-order valence-electron chi connectivity index (χ3n) is 2.47. The van der Waals surface area contributed by atoms with Crippen molar-refractivity contribution in [2.45, 2.75) is 6.42 Å². The third kappa shape index (κ3) is 5.29. The third-order valence-corrected chi connectivity index (χ3v) is 2.47. The maximum absolute atomic E-state index is 11.6. The van der Waals surface area contributed by atoms with Crippen molar-refractivity contribution in [2.75, 3.05) is 27.2 Å². The lowest BCUT2D eigenvalue weighted by Gasteiger charge is -2.12. The lowest BCUT2D eigenvalue weighted by Crippen LogP contribution is -2.39. The van der Waals surface area contributed by atoms with Gasteiger partial charge in [-0.3, -0.25) is 4.79 Å². The number of hydrogen-bond acceptors (Lipinski definition) is 3. The minimum absolute atomic E-state index is 0.110. The molecule has 0 fully saturated rings. The van der Waals surface area contributed by atoms with E-state index in [-0.39, 0.29) is 24.1 Å². The molecule has 3 N–H and O–H groups in total. The van der Waals surface area contributed by atoms with Crippen LogP contribution in [-0.4, -0.2) is 49.1 Å². The molecule has 0 atom stereocenters. The van der Waals surface area contributed by atoms with E-state index in [1.165, 1.54) is 4.90 Å². The van der Waals surface area contributed by atoms with E-state index >= 15 is 0 Å². The predicted molar refractivity (Wildman–Crippen MR) is 71.9 cm³/mol. The highest BCUT2D eigenvalue weighted by atomic mass is 16.3. The Balaban J connectivity index is 2.26. The highest BCUT2D eigenvalue weighted by Gasteiger charge is 2.07. The lowest BCUT2D eigenvalue weighted by molar-refractivity contribution is -0.120.